The highest BCUT2D eigenvalue weighted by Crippen LogP contribution is 2.39. The fourth-order valence-corrected chi connectivity index (χ4v) is 3.88. The molecule has 4 aromatic carbocycles. The minimum Gasteiger partial charge on any atom is -0.496 e. The Morgan fingerprint density at radius 3 is 1.04 bits per heavy atom. The third-order valence-electron chi connectivity index (χ3n) is 5.67. The molecule has 0 spiro atoms. The summed E-state index contributed by atoms with van der Waals surface area (Å²) in [6.45, 7) is 10.9. The SMILES string of the molecule is COc1cc2c3cc(C)c(C)cc3c3cc(C)c(C)cc3c2cc1C. The number of methoxy groups -OCH3 is 1. The van der Waals surface area contributed by atoms with Gasteiger partial charge in [-0.3, -0.25) is 0 Å². The van der Waals surface area contributed by atoms with E-state index in [0.717, 1.165) is 5.75 Å². The van der Waals surface area contributed by atoms with Gasteiger partial charge in [0.1, 0.15) is 5.75 Å². The number of hydrogen-bond acceptors (Lipinski definition) is 1. The summed E-state index contributed by atoms with van der Waals surface area (Å²) in [4.78, 5) is 0. The summed E-state index contributed by atoms with van der Waals surface area (Å²) < 4.78 is 5.61. The zero-order valence-corrected chi connectivity index (χ0v) is 15.9. The Hall–Kier alpha value is -2.54. The molecule has 0 radical (unpaired) electrons. The second-order valence-electron chi connectivity index (χ2n) is 7.33. The quantitative estimate of drug-likeness (QED) is 0.353. The van der Waals surface area contributed by atoms with Gasteiger partial charge < -0.3 is 4.74 Å². The van der Waals surface area contributed by atoms with E-state index >= 15 is 0 Å². The Morgan fingerprint density at radius 1 is 0.440 bits per heavy atom. The number of ether oxygens (including phenoxy) is 1. The van der Waals surface area contributed by atoms with Crippen LogP contribution in [0.5, 0.6) is 5.75 Å². The van der Waals surface area contributed by atoms with Crippen molar-refractivity contribution in [2.24, 2.45) is 0 Å². The van der Waals surface area contributed by atoms with Crippen molar-refractivity contribution in [2.45, 2.75) is 34.6 Å². The summed E-state index contributed by atoms with van der Waals surface area (Å²) in [5.74, 6) is 0.954. The van der Waals surface area contributed by atoms with Gasteiger partial charge in [0.2, 0.25) is 0 Å². The van der Waals surface area contributed by atoms with Crippen LogP contribution in [0.15, 0.2) is 36.4 Å². The average molecular weight is 328 g/mol. The van der Waals surface area contributed by atoms with Gasteiger partial charge in [-0.15, -0.1) is 0 Å². The van der Waals surface area contributed by atoms with Crippen LogP contribution < -0.4 is 4.74 Å². The second-order valence-corrected chi connectivity index (χ2v) is 7.33. The zero-order valence-electron chi connectivity index (χ0n) is 15.9. The van der Waals surface area contributed by atoms with Crippen molar-refractivity contribution in [3.05, 3.63) is 64.2 Å². The third-order valence-corrected chi connectivity index (χ3v) is 5.67. The van der Waals surface area contributed by atoms with Gasteiger partial charge in [-0.1, -0.05) is 24.3 Å². The molecule has 4 aromatic rings. The zero-order chi connectivity index (χ0) is 17.9. The van der Waals surface area contributed by atoms with Crippen molar-refractivity contribution in [1.29, 1.82) is 0 Å². The first-order valence-electron chi connectivity index (χ1n) is 8.83. The fraction of sp³-hybridized carbons (Fsp3) is 0.250. The van der Waals surface area contributed by atoms with Crippen molar-refractivity contribution in [1.82, 2.24) is 0 Å². The van der Waals surface area contributed by atoms with Crippen LogP contribution in [-0.4, -0.2) is 7.11 Å². The molecular formula is C24H24O. The van der Waals surface area contributed by atoms with E-state index < -0.39 is 0 Å². The van der Waals surface area contributed by atoms with E-state index in [4.69, 9.17) is 4.74 Å². The molecule has 25 heavy (non-hydrogen) atoms. The monoisotopic (exact) mass is 328 g/mol. The van der Waals surface area contributed by atoms with Crippen molar-refractivity contribution < 1.29 is 4.74 Å². The largest absolute Gasteiger partial charge is 0.496 e. The first kappa shape index (κ1) is 16.0. The summed E-state index contributed by atoms with van der Waals surface area (Å²) in [6.07, 6.45) is 0. The number of aryl methyl sites for hydroxylation is 5. The lowest BCUT2D eigenvalue weighted by molar-refractivity contribution is 0.412. The number of rotatable bonds is 1. The van der Waals surface area contributed by atoms with Crippen LogP contribution in [0.25, 0.3) is 32.3 Å². The van der Waals surface area contributed by atoms with Gasteiger partial charge in [0.15, 0.2) is 0 Å². The number of benzene rings is 4. The average Bonchev–Trinajstić information content (AvgIpc) is 2.58. The van der Waals surface area contributed by atoms with E-state index in [2.05, 4.69) is 71.0 Å². The van der Waals surface area contributed by atoms with Crippen LogP contribution in [0, 0.1) is 34.6 Å². The van der Waals surface area contributed by atoms with Crippen LogP contribution in [-0.2, 0) is 0 Å². The van der Waals surface area contributed by atoms with Gasteiger partial charge >= 0.3 is 0 Å². The summed E-state index contributed by atoms with van der Waals surface area (Å²) >= 11 is 0. The first-order chi connectivity index (χ1) is 11.9. The molecule has 0 aliphatic heterocycles. The first-order valence-corrected chi connectivity index (χ1v) is 8.83. The topological polar surface area (TPSA) is 9.23 Å². The van der Waals surface area contributed by atoms with Crippen molar-refractivity contribution >= 4 is 32.3 Å². The van der Waals surface area contributed by atoms with E-state index in [-0.39, 0.29) is 0 Å². The fourth-order valence-electron chi connectivity index (χ4n) is 3.88. The normalized spacial score (nSPS) is 11.6. The Labute approximate surface area is 149 Å². The highest BCUT2D eigenvalue weighted by molar-refractivity contribution is 6.26. The van der Waals surface area contributed by atoms with E-state index in [1.54, 1.807) is 7.11 Å². The molecule has 0 saturated carbocycles. The Balaban J connectivity index is 2.36. The molecule has 1 heteroatoms. The number of fused-ring (bicyclic) bond motifs is 6. The summed E-state index contributed by atoms with van der Waals surface area (Å²) in [5.41, 5.74) is 6.53. The van der Waals surface area contributed by atoms with Crippen molar-refractivity contribution in [3.8, 4) is 5.75 Å². The van der Waals surface area contributed by atoms with E-state index in [1.807, 2.05) is 0 Å². The minimum atomic E-state index is 0.954. The van der Waals surface area contributed by atoms with Gasteiger partial charge in [-0.2, -0.15) is 0 Å². The van der Waals surface area contributed by atoms with Crippen molar-refractivity contribution in [3.63, 3.8) is 0 Å². The molecule has 0 atom stereocenters. The number of hydrogen-bond donors (Lipinski definition) is 0. The molecule has 0 heterocycles. The maximum Gasteiger partial charge on any atom is 0.122 e. The molecule has 1 nitrogen and oxygen atoms in total. The second kappa shape index (κ2) is 5.49. The van der Waals surface area contributed by atoms with Crippen LogP contribution in [0.1, 0.15) is 27.8 Å². The van der Waals surface area contributed by atoms with E-state index in [9.17, 15) is 0 Å². The molecule has 0 aliphatic carbocycles. The predicted octanol–water partition coefficient (Wildman–Crippen LogP) is 6.70. The Morgan fingerprint density at radius 2 is 0.720 bits per heavy atom. The molecule has 0 aliphatic rings. The van der Waals surface area contributed by atoms with Gasteiger partial charge in [0.25, 0.3) is 0 Å². The standard InChI is InChI=1S/C24H24O/c1-13-7-18-19-8-14(2)16(4)10-21(19)23-12-24(25-6)17(5)11-22(23)20(18)9-15(13)3/h7-12H,1-6H3. The molecule has 4 rings (SSSR count). The van der Waals surface area contributed by atoms with Crippen LogP contribution in [0.3, 0.4) is 0 Å². The molecule has 0 amide bonds. The Bertz CT molecular complexity index is 1130. The molecular weight excluding hydrogens is 304 g/mol. The molecule has 0 fully saturated rings. The lowest BCUT2D eigenvalue weighted by Gasteiger charge is -2.16. The molecule has 0 aromatic heterocycles. The van der Waals surface area contributed by atoms with Crippen LogP contribution in [0.2, 0.25) is 0 Å². The maximum absolute atomic E-state index is 5.61. The third kappa shape index (κ3) is 2.30. The van der Waals surface area contributed by atoms with Gasteiger partial charge in [-0.25, -0.2) is 0 Å². The molecule has 0 bridgehead atoms. The lowest BCUT2D eigenvalue weighted by atomic mass is 9.89. The van der Waals surface area contributed by atoms with Gasteiger partial charge in [0, 0.05) is 0 Å². The lowest BCUT2D eigenvalue weighted by Crippen LogP contribution is -1.92. The van der Waals surface area contributed by atoms with Crippen LogP contribution >= 0.6 is 0 Å². The molecule has 0 unspecified atom stereocenters. The molecule has 0 N–H and O–H groups in total. The summed E-state index contributed by atoms with van der Waals surface area (Å²) in [5, 5.41) is 7.91. The summed E-state index contributed by atoms with van der Waals surface area (Å²) in [6, 6.07) is 13.8. The van der Waals surface area contributed by atoms with Crippen LogP contribution in [0.4, 0.5) is 0 Å². The Kier molecular flexibility index (Phi) is 3.50. The molecule has 126 valence electrons. The molecule has 0 saturated heterocycles. The van der Waals surface area contributed by atoms with E-state index in [1.165, 1.54) is 60.1 Å². The van der Waals surface area contributed by atoms with Crippen molar-refractivity contribution in [2.75, 3.05) is 7.11 Å². The minimum absolute atomic E-state index is 0.954. The van der Waals surface area contributed by atoms with Gasteiger partial charge in [0.05, 0.1) is 7.11 Å². The highest BCUT2D eigenvalue weighted by Gasteiger charge is 2.13. The van der Waals surface area contributed by atoms with Gasteiger partial charge in [-0.05, 0) is 107 Å². The van der Waals surface area contributed by atoms with E-state index in [0.29, 0.717) is 0 Å². The smallest absolute Gasteiger partial charge is 0.122 e. The summed E-state index contributed by atoms with van der Waals surface area (Å²) in [7, 11) is 1.75. The maximum atomic E-state index is 5.61. The highest BCUT2D eigenvalue weighted by atomic mass is 16.5. The predicted molar refractivity (Wildman–Crippen MR) is 109 cm³/mol.